The Labute approximate surface area is 210 Å². The number of hydrogen-bond acceptors (Lipinski definition) is 6. The summed E-state index contributed by atoms with van der Waals surface area (Å²) in [6.07, 6.45) is 3.59. The van der Waals surface area contributed by atoms with Crippen LogP contribution in [0.1, 0.15) is 61.3 Å². The molecule has 2 fully saturated rings. The summed E-state index contributed by atoms with van der Waals surface area (Å²) in [6.45, 7) is 5.42. The Bertz CT molecular complexity index is 1190. The highest BCUT2D eigenvalue weighted by molar-refractivity contribution is 6.07. The molecule has 3 aliphatic heterocycles. The molecule has 1 atom stereocenters. The number of carbonyl (C=O) groups excluding carboxylic acids is 3. The molecule has 4 heterocycles. The molecular weight excluding hydrogens is 462 g/mol. The quantitative estimate of drug-likeness (QED) is 0.592. The highest BCUT2D eigenvalue weighted by atomic mass is 16.7. The van der Waals surface area contributed by atoms with Gasteiger partial charge in [-0.2, -0.15) is 5.10 Å². The van der Waals surface area contributed by atoms with Crippen molar-refractivity contribution in [3.63, 3.8) is 0 Å². The number of hydrogen-bond donors (Lipinski definition) is 1. The van der Waals surface area contributed by atoms with Crippen LogP contribution in [-0.2, 0) is 24.8 Å². The fraction of sp³-hybridized carbons (Fsp3) is 0.538. The van der Waals surface area contributed by atoms with E-state index in [1.807, 2.05) is 30.0 Å². The van der Waals surface area contributed by atoms with E-state index in [1.165, 1.54) is 4.90 Å². The summed E-state index contributed by atoms with van der Waals surface area (Å²) in [6, 6.07) is 6.94. The number of urea groups is 1. The fourth-order valence-electron chi connectivity index (χ4n) is 5.66. The number of nitrogens with one attached hydrogen (secondary N) is 1. The van der Waals surface area contributed by atoms with E-state index in [9.17, 15) is 14.4 Å². The van der Waals surface area contributed by atoms with Crippen molar-refractivity contribution in [2.45, 2.75) is 58.0 Å². The number of aryl methyl sites for hydroxylation is 2. The summed E-state index contributed by atoms with van der Waals surface area (Å²) >= 11 is 0. The zero-order valence-electron chi connectivity index (χ0n) is 21.1. The first-order valence-electron chi connectivity index (χ1n) is 12.7. The maximum Gasteiger partial charge on any atom is 0.325 e. The van der Waals surface area contributed by atoms with E-state index < -0.39 is 5.54 Å². The Morgan fingerprint density at radius 1 is 1.14 bits per heavy atom. The summed E-state index contributed by atoms with van der Waals surface area (Å²) < 4.78 is 12.4. The lowest BCUT2D eigenvalue weighted by molar-refractivity contribution is -0.134. The number of nitrogens with zero attached hydrogens (tertiary/aromatic N) is 4. The van der Waals surface area contributed by atoms with Gasteiger partial charge in [0, 0.05) is 20.1 Å². The Morgan fingerprint density at radius 3 is 2.61 bits per heavy atom. The minimum atomic E-state index is -0.955. The van der Waals surface area contributed by atoms with Gasteiger partial charge in [0.1, 0.15) is 11.2 Å². The normalized spacial score (nSPS) is 21.9. The molecular formula is C26H33N5O5. The number of fused-ring (bicyclic) bond motifs is 1. The molecule has 1 N–H and O–H groups in total. The third-order valence-corrected chi connectivity index (χ3v) is 7.67. The standard InChI is InChI=1S/C26H33N5O5/c1-4-6-19-14-20(29(3)28-19)23(32)30-11-9-18(10-12-30)26(5-2)24(33)31(25(34)27-26)15-17-7-8-21-22(13-17)36-16-35-21/h7-8,13-14,18H,4-6,9-12,15-16H2,1-3H3,(H,27,34). The molecule has 1 aromatic heterocycles. The van der Waals surface area contributed by atoms with E-state index in [0.717, 1.165) is 24.1 Å². The van der Waals surface area contributed by atoms with Gasteiger partial charge < -0.3 is 19.7 Å². The second kappa shape index (κ2) is 9.48. The summed E-state index contributed by atoms with van der Waals surface area (Å²) in [5.41, 5.74) is 1.35. The van der Waals surface area contributed by atoms with E-state index >= 15 is 0 Å². The van der Waals surface area contributed by atoms with Gasteiger partial charge in [-0.1, -0.05) is 26.3 Å². The number of imide groups is 1. The van der Waals surface area contributed by atoms with Gasteiger partial charge in [-0.05, 0) is 55.4 Å². The first-order chi connectivity index (χ1) is 17.4. The molecule has 2 aromatic rings. The van der Waals surface area contributed by atoms with Crippen molar-refractivity contribution in [3.05, 3.63) is 41.2 Å². The van der Waals surface area contributed by atoms with E-state index in [-0.39, 0.29) is 37.1 Å². The van der Waals surface area contributed by atoms with Crippen molar-refractivity contribution < 1.29 is 23.9 Å². The van der Waals surface area contributed by atoms with Crippen molar-refractivity contribution >= 4 is 17.8 Å². The van der Waals surface area contributed by atoms with Gasteiger partial charge in [-0.25, -0.2) is 4.79 Å². The minimum absolute atomic E-state index is 0.0393. The van der Waals surface area contributed by atoms with E-state index in [4.69, 9.17) is 9.47 Å². The number of ether oxygens (including phenoxy) is 2. The highest BCUT2D eigenvalue weighted by Gasteiger charge is 2.55. The highest BCUT2D eigenvalue weighted by Crippen LogP contribution is 2.38. The summed E-state index contributed by atoms with van der Waals surface area (Å²) in [5, 5.41) is 7.48. The number of carbonyl (C=O) groups is 3. The summed E-state index contributed by atoms with van der Waals surface area (Å²) in [7, 11) is 1.80. The van der Waals surface area contributed by atoms with Gasteiger partial charge in [0.25, 0.3) is 11.8 Å². The monoisotopic (exact) mass is 495 g/mol. The summed E-state index contributed by atoms with van der Waals surface area (Å²) in [4.78, 5) is 42.9. The topological polar surface area (TPSA) is 106 Å². The Hall–Kier alpha value is -3.56. The van der Waals surface area contributed by atoms with E-state index in [1.54, 1.807) is 17.8 Å². The number of piperidine rings is 1. The number of amides is 4. The lowest BCUT2D eigenvalue weighted by atomic mass is 9.75. The van der Waals surface area contributed by atoms with Crippen molar-refractivity contribution in [2.24, 2.45) is 13.0 Å². The van der Waals surface area contributed by atoms with Gasteiger partial charge in [0.15, 0.2) is 11.5 Å². The lowest BCUT2D eigenvalue weighted by Gasteiger charge is -2.40. The molecule has 3 aliphatic rings. The Morgan fingerprint density at radius 2 is 1.89 bits per heavy atom. The number of likely N-dealkylation sites (tertiary alicyclic amines) is 1. The molecule has 5 rings (SSSR count). The third-order valence-electron chi connectivity index (χ3n) is 7.67. The van der Waals surface area contributed by atoms with Crippen molar-refractivity contribution in [1.82, 2.24) is 24.9 Å². The molecule has 10 nitrogen and oxygen atoms in total. The molecule has 10 heteroatoms. The minimum Gasteiger partial charge on any atom is -0.454 e. The Kier molecular flexibility index (Phi) is 6.36. The van der Waals surface area contributed by atoms with Gasteiger partial charge >= 0.3 is 6.03 Å². The maximum atomic E-state index is 13.6. The summed E-state index contributed by atoms with van der Waals surface area (Å²) in [5.74, 6) is 0.990. The van der Waals surface area contributed by atoms with Crippen LogP contribution >= 0.6 is 0 Å². The predicted octanol–water partition coefficient (Wildman–Crippen LogP) is 2.85. The second-order valence-corrected chi connectivity index (χ2v) is 9.79. The van der Waals surface area contributed by atoms with Crippen molar-refractivity contribution in [3.8, 4) is 11.5 Å². The van der Waals surface area contributed by atoms with Gasteiger partial charge in [-0.15, -0.1) is 0 Å². The SMILES string of the molecule is CCCc1cc(C(=O)N2CCC(C3(CC)NC(=O)N(Cc4ccc5c(c4)OCO5)C3=O)CC2)n(C)n1. The molecule has 0 spiro atoms. The largest absolute Gasteiger partial charge is 0.454 e. The molecule has 4 amide bonds. The van der Waals surface area contributed by atoms with Crippen LogP contribution in [0.2, 0.25) is 0 Å². The van der Waals surface area contributed by atoms with Crippen LogP contribution in [0, 0.1) is 5.92 Å². The van der Waals surface area contributed by atoms with Crippen LogP contribution in [0.5, 0.6) is 11.5 Å². The van der Waals surface area contributed by atoms with Gasteiger partial charge in [0.2, 0.25) is 6.79 Å². The lowest BCUT2D eigenvalue weighted by Crippen LogP contribution is -2.56. The van der Waals surface area contributed by atoms with Crippen LogP contribution < -0.4 is 14.8 Å². The van der Waals surface area contributed by atoms with Crippen LogP contribution in [-0.4, -0.2) is 62.8 Å². The number of rotatable bonds is 7. The van der Waals surface area contributed by atoms with Gasteiger partial charge in [0.05, 0.1) is 12.2 Å². The molecule has 2 saturated heterocycles. The zero-order valence-corrected chi connectivity index (χ0v) is 21.1. The molecule has 1 unspecified atom stereocenters. The van der Waals surface area contributed by atoms with Crippen molar-refractivity contribution in [1.29, 1.82) is 0 Å². The number of aromatic nitrogens is 2. The average molecular weight is 496 g/mol. The molecule has 36 heavy (non-hydrogen) atoms. The first-order valence-corrected chi connectivity index (χ1v) is 12.7. The third kappa shape index (κ3) is 4.08. The van der Waals surface area contributed by atoms with Gasteiger partial charge in [-0.3, -0.25) is 19.2 Å². The van der Waals surface area contributed by atoms with Crippen molar-refractivity contribution in [2.75, 3.05) is 19.9 Å². The molecule has 0 bridgehead atoms. The van der Waals surface area contributed by atoms with Crippen LogP contribution in [0.25, 0.3) is 0 Å². The van der Waals surface area contributed by atoms with Crippen LogP contribution in [0.3, 0.4) is 0 Å². The van der Waals surface area contributed by atoms with E-state index in [2.05, 4.69) is 17.3 Å². The second-order valence-electron chi connectivity index (χ2n) is 9.79. The molecule has 192 valence electrons. The molecule has 1 aromatic carbocycles. The Balaban J connectivity index is 1.26. The fourth-order valence-corrected chi connectivity index (χ4v) is 5.66. The van der Waals surface area contributed by atoms with Crippen LogP contribution in [0.15, 0.2) is 24.3 Å². The first kappa shape index (κ1) is 24.1. The number of benzene rings is 1. The van der Waals surface area contributed by atoms with E-state index in [0.29, 0.717) is 49.5 Å². The molecule has 0 radical (unpaired) electrons. The molecule has 0 saturated carbocycles. The molecule has 0 aliphatic carbocycles. The maximum absolute atomic E-state index is 13.6. The predicted molar refractivity (Wildman–Crippen MR) is 130 cm³/mol. The van der Waals surface area contributed by atoms with Crippen LogP contribution in [0.4, 0.5) is 4.79 Å². The smallest absolute Gasteiger partial charge is 0.325 e. The average Bonchev–Trinajstić information content (AvgIpc) is 3.56. The zero-order chi connectivity index (χ0) is 25.4.